The van der Waals surface area contributed by atoms with E-state index in [2.05, 4.69) is 5.32 Å². The number of rotatable bonds is 6. The topological polar surface area (TPSA) is 75.6 Å². The van der Waals surface area contributed by atoms with Crippen LogP contribution in [0.15, 0.2) is 18.2 Å². The second kappa shape index (κ2) is 6.10. The summed E-state index contributed by atoms with van der Waals surface area (Å²) in [7, 11) is 1.47. The van der Waals surface area contributed by atoms with Crippen molar-refractivity contribution >= 4 is 24.0 Å². The van der Waals surface area contributed by atoms with Crippen LogP contribution in [0.5, 0.6) is 5.75 Å². The molecule has 0 aliphatic carbocycles. The average molecular weight is 258 g/mol. The highest BCUT2D eigenvalue weighted by atomic mass is 35.5. The van der Waals surface area contributed by atoms with E-state index >= 15 is 0 Å². The number of methoxy groups -OCH3 is 1. The van der Waals surface area contributed by atoms with Gasteiger partial charge in [0.1, 0.15) is 11.8 Å². The first-order valence-electron chi connectivity index (χ1n) is 4.84. The first kappa shape index (κ1) is 13.3. The van der Waals surface area contributed by atoms with Crippen LogP contribution in [-0.2, 0) is 16.0 Å². The molecule has 1 aromatic rings. The van der Waals surface area contributed by atoms with Gasteiger partial charge in [0.05, 0.1) is 7.11 Å². The highest BCUT2D eigenvalue weighted by Gasteiger charge is 2.20. The fourth-order valence-corrected chi connectivity index (χ4v) is 1.68. The number of carboxylic acid groups (broad SMARTS) is 1. The van der Waals surface area contributed by atoms with Gasteiger partial charge >= 0.3 is 5.97 Å². The van der Waals surface area contributed by atoms with Gasteiger partial charge in [-0.2, -0.15) is 0 Å². The number of carboxylic acids is 1. The molecule has 0 aliphatic heterocycles. The summed E-state index contributed by atoms with van der Waals surface area (Å²) in [6.07, 6.45) is 0.416. The van der Waals surface area contributed by atoms with Crippen LogP contribution in [-0.4, -0.2) is 30.6 Å². The quantitative estimate of drug-likeness (QED) is 0.748. The van der Waals surface area contributed by atoms with Crippen molar-refractivity contribution in [3.05, 3.63) is 28.8 Å². The third-order valence-electron chi connectivity index (χ3n) is 2.27. The van der Waals surface area contributed by atoms with E-state index in [9.17, 15) is 9.59 Å². The second-order valence-electron chi connectivity index (χ2n) is 3.30. The van der Waals surface area contributed by atoms with Gasteiger partial charge in [-0.05, 0) is 12.1 Å². The van der Waals surface area contributed by atoms with Crippen LogP contribution in [0, 0.1) is 0 Å². The number of nitrogens with one attached hydrogen (secondary N) is 1. The van der Waals surface area contributed by atoms with E-state index in [4.69, 9.17) is 21.4 Å². The molecule has 2 N–H and O–H groups in total. The molecule has 1 amide bonds. The third-order valence-corrected chi connectivity index (χ3v) is 2.63. The smallest absolute Gasteiger partial charge is 0.326 e. The molecular weight excluding hydrogens is 246 g/mol. The lowest BCUT2D eigenvalue weighted by molar-refractivity contribution is -0.140. The first-order valence-corrected chi connectivity index (χ1v) is 5.21. The zero-order chi connectivity index (χ0) is 12.8. The zero-order valence-corrected chi connectivity index (χ0v) is 9.90. The molecule has 5 nitrogen and oxygen atoms in total. The summed E-state index contributed by atoms with van der Waals surface area (Å²) in [4.78, 5) is 21.2. The van der Waals surface area contributed by atoms with E-state index < -0.39 is 12.0 Å². The second-order valence-corrected chi connectivity index (χ2v) is 3.71. The minimum absolute atomic E-state index is 0.0664. The van der Waals surface area contributed by atoms with Crippen LogP contribution in [0.4, 0.5) is 0 Å². The van der Waals surface area contributed by atoms with E-state index in [-0.39, 0.29) is 6.42 Å². The maximum atomic E-state index is 10.9. The Bertz CT molecular complexity index is 422. The Labute approximate surface area is 103 Å². The fourth-order valence-electron chi connectivity index (χ4n) is 1.43. The molecule has 1 aromatic carbocycles. The molecule has 1 atom stereocenters. The monoisotopic (exact) mass is 257 g/mol. The lowest BCUT2D eigenvalue weighted by Gasteiger charge is -2.15. The number of ether oxygens (including phenoxy) is 1. The molecule has 6 heteroatoms. The number of carbonyl (C=O) groups is 2. The number of hydrogen-bond acceptors (Lipinski definition) is 3. The van der Waals surface area contributed by atoms with Crippen LogP contribution in [0.3, 0.4) is 0 Å². The Kier molecular flexibility index (Phi) is 4.78. The van der Waals surface area contributed by atoms with E-state index in [1.165, 1.54) is 7.11 Å². The van der Waals surface area contributed by atoms with Crippen LogP contribution in [0.1, 0.15) is 5.56 Å². The normalized spacial score (nSPS) is 11.6. The van der Waals surface area contributed by atoms with Crippen LogP contribution in [0.25, 0.3) is 0 Å². The van der Waals surface area contributed by atoms with Gasteiger partial charge in [-0.25, -0.2) is 4.79 Å². The Balaban J connectivity index is 2.99. The summed E-state index contributed by atoms with van der Waals surface area (Å²) >= 11 is 5.97. The molecule has 0 bridgehead atoms. The molecule has 0 saturated carbocycles. The molecular formula is C11H12ClNO4. The predicted octanol–water partition coefficient (Wildman–Crippen LogP) is 1.09. The highest BCUT2D eigenvalue weighted by molar-refractivity contribution is 6.31. The molecule has 0 fully saturated rings. The van der Waals surface area contributed by atoms with Gasteiger partial charge in [0, 0.05) is 17.0 Å². The summed E-state index contributed by atoms with van der Waals surface area (Å²) in [6, 6.07) is 4.00. The standard InChI is InChI=1S/C11H12ClNO4/c1-17-10-4-2-3-8(12)7(10)5-9(11(15)16)13-6-14/h2-4,6,9H,5H2,1H3,(H,13,14)(H,15,16). The summed E-state index contributed by atoms with van der Waals surface area (Å²) in [5.74, 6) is -0.629. The molecule has 92 valence electrons. The minimum Gasteiger partial charge on any atom is -0.496 e. The van der Waals surface area contributed by atoms with Crippen LogP contribution in [0.2, 0.25) is 5.02 Å². The highest BCUT2D eigenvalue weighted by Crippen LogP contribution is 2.27. The number of hydrogen-bond donors (Lipinski definition) is 2. The molecule has 1 rings (SSSR count). The average Bonchev–Trinajstić information content (AvgIpc) is 2.30. The Hall–Kier alpha value is -1.75. The van der Waals surface area contributed by atoms with Crippen molar-refractivity contribution in [1.82, 2.24) is 5.32 Å². The number of halogens is 1. The van der Waals surface area contributed by atoms with Crippen molar-refractivity contribution in [2.45, 2.75) is 12.5 Å². The summed E-state index contributed by atoms with van der Waals surface area (Å²) in [6.45, 7) is 0. The van der Waals surface area contributed by atoms with Gasteiger partial charge in [0.25, 0.3) is 0 Å². The van der Waals surface area contributed by atoms with Gasteiger partial charge in [-0.1, -0.05) is 17.7 Å². The van der Waals surface area contributed by atoms with Gasteiger partial charge < -0.3 is 15.2 Å². The maximum absolute atomic E-state index is 10.9. The minimum atomic E-state index is -1.13. The lowest BCUT2D eigenvalue weighted by Crippen LogP contribution is -2.37. The lowest BCUT2D eigenvalue weighted by atomic mass is 10.0. The summed E-state index contributed by atoms with van der Waals surface area (Å²) in [5.41, 5.74) is 0.554. The van der Waals surface area contributed by atoms with Gasteiger partial charge in [0.15, 0.2) is 0 Å². The number of amides is 1. The van der Waals surface area contributed by atoms with Crippen LogP contribution >= 0.6 is 11.6 Å². The van der Waals surface area contributed by atoms with Crippen molar-refractivity contribution in [3.63, 3.8) is 0 Å². The third kappa shape index (κ3) is 3.35. The summed E-state index contributed by atoms with van der Waals surface area (Å²) in [5, 5.41) is 11.5. The molecule has 17 heavy (non-hydrogen) atoms. The fraction of sp³-hybridized carbons (Fsp3) is 0.273. The molecule has 0 heterocycles. The van der Waals surface area contributed by atoms with Crippen molar-refractivity contribution in [3.8, 4) is 5.75 Å². The van der Waals surface area contributed by atoms with Crippen molar-refractivity contribution in [2.75, 3.05) is 7.11 Å². The predicted molar refractivity (Wildman–Crippen MR) is 62.3 cm³/mol. The largest absolute Gasteiger partial charge is 0.496 e. The summed E-state index contributed by atoms with van der Waals surface area (Å²) < 4.78 is 5.09. The molecule has 0 spiro atoms. The maximum Gasteiger partial charge on any atom is 0.326 e. The SMILES string of the molecule is COc1cccc(Cl)c1CC(NC=O)C(=O)O. The Morgan fingerprint density at radius 3 is 2.88 bits per heavy atom. The zero-order valence-electron chi connectivity index (χ0n) is 9.14. The van der Waals surface area contributed by atoms with E-state index in [0.29, 0.717) is 22.7 Å². The Morgan fingerprint density at radius 1 is 1.65 bits per heavy atom. The first-order chi connectivity index (χ1) is 8.10. The van der Waals surface area contributed by atoms with Gasteiger partial charge in [-0.15, -0.1) is 0 Å². The molecule has 0 radical (unpaired) electrons. The van der Waals surface area contributed by atoms with Gasteiger partial charge in [-0.3, -0.25) is 4.79 Å². The van der Waals surface area contributed by atoms with E-state index in [0.717, 1.165) is 0 Å². The molecule has 0 saturated heterocycles. The van der Waals surface area contributed by atoms with Crippen molar-refractivity contribution in [1.29, 1.82) is 0 Å². The number of carbonyl (C=O) groups excluding carboxylic acids is 1. The van der Waals surface area contributed by atoms with Crippen molar-refractivity contribution < 1.29 is 19.4 Å². The Morgan fingerprint density at radius 2 is 2.35 bits per heavy atom. The molecule has 0 aliphatic rings. The van der Waals surface area contributed by atoms with E-state index in [1.54, 1.807) is 18.2 Å². The van der Waals surface area contributed by atoms with Crippen LogP contribution < -0.4 is 10.1 Å². The number of aliphatic carboxylic acids is 1. The molecule has 0 aromatic heterocycles. The number of benzene rings is 1. The molecule has 1 unspecified atom stereocenters. The van der Waals surface area contributed by atoms with E-state index in [1.807, 2.05) is 0 Å². The van der Waals surface area contributed by atoms with Crippen molar-refractivity contribution in [2.24, 2.45) is 0 Å². The van der Waals surface area contributed by atoms with Gasteiger partial charge in [0.2, 0.25) is 6.41 Å².